The first-order valence-electron chi connectivity index (χ1n) is 9.75. The molecule has 0 spiro atoms. The molecule has 162 valence electrons. The Balaban J connectivity index is -0.000000374. The average Bonchev–Trinajstić information content (AvgIpc) is 2.66. The van der Waals surface area contributed by atoms with Crippen molar-refractivity contribution in [3.63, 3.8) is 0 Å². The van der Waals surface area contributed by atoms with E-state index < -0.39 is 0 Å². The van der Waals surface area contributed by atoms with Crippen LogP contribution in [-0.4, -0.2) is 53.9 Å². The maximum atomic E-state index is 7.50. The van der Waals surface area contributed by atoms with Gasteiger partial charge in [0.25, 0.3) is 0 Å². The van der Waals surface area contributed by atoms with Crippen LogP contribution in [-0.2, 0) is 35.0 Å². The second kappa shape index (κ2) is 26.2. The van der Waals surface area contributed by atoms with Gasteiger partial charge in [-0.3, -0.25) is 0 Å². The fraction of sp³-hybridized carbons (Fsp3) is 0.857. The normalized spacial score (nSPS) is 23.0. The van der Waals surface area contributed by atoms with E-state index in [1.807, 2.05) is 0 Å². The Hall–Kier alpha value is 1.20. The molecule has 0 amide bonds. The zero-order valence-electron chi connectivity index (χ0n) is 18.6. The fourth-order valence-corrected chi connectivity index (χ4v) is 11.2. The predicted octanol–water partition coefficient (Wildman–Crippen LogP) is 6.73. The molecular formula is C21H39MoO3P3. The summed E-state index contributed by atoms with van der Waals surface area (Å²) in [6.07, 6.45) is 14.0. The summed E-state index contributed by atoms with van der Waals surface area (Å²) in [5.74, 6) is 0. The van der Waals surface area contributed by atoms with Crippen molar-refractivity contribution in [2.24, 2.45) is 0 Å². The molecule has 1 aliphatic rings. The van der Waals surface area contributed by atoms with Gasteiger partial charge < -0.3 is 0 Å². The molecule has 0 unspecified atom stereocenters. The summed E-state index contributed by atoms with van der Waals surface area (Å²) >= 11 is 0. The first kappa shape index (κ1) is 36.6. The predicted molar refractivity (Wildman–Crippen MR) is 121 cm³/mol. The second-order valence-corrected chi connectivity index (χ2v) is 16.8. The summed E-state index contributed by atoms with van der Waals surface area (Å²) in [5, 5.41) is 0. The van der Waals surface area contributed by atoms with Gasteiger partial charge in [-0.15, -0.1) is 23.8 Å². The maximum absolute atomic E-state index is 7.50. The molecule has 0 radical (unpaired) electrons. The molecule has 0 N–H and O–H groups in total. The van der Waals surface area contributed by atoms with Crippen molar-refractivity contribution < 1.29 is 35.0 Å². The molecule has 1 fully saturated rings. The van der Waals surface area contributed by atoms with Crippen molar-refractivity contribution in [2.45, 2.75) is 77.8 Å². The van der Waals surface area contributed by atoms with Gasteiger partial charge >= 0.3 is 33.9 Å². The van der Waals surface area contributed by atoms with Crippen LogP contribution in [0.1, 0.15) is 60.8 Å². The van der Waals surface area contributed by atoms with E-state index in [0.717, 1.165) is 17.0 Å². The van der Waals surface area contributed by atoms with Crippen molar-refractivity contribution in [3.05, 3.63) is 20.0 Å². The van der Waals surface area contributed by atoms with Crippen molar-refractivity contribution in [1.29, 1.82) is 0 Å². The molecular weight excluding hydrogens is 489 g/mol. The minimum atomic E-state index is 0. The minimum absolute atomic E-state index is 0. The Morgan fingerprint density at radius 3 is 0.714 bits per heavy atom. The Morgan fingerprint density at radius 1 is 0.464 bits per heavy atom. The third-order valence-corrected chi connectivity index (χ3v) is 14.6. The van der Waals surface area contributed by atoms with Crippen LogP contribution in [0, 0.1) is 20.0 Å². The molecule has 0 aromatic rings. The summed E-state index contributed by atoms with van der Waals surface area (Å²) in [4.78, 5) is 0. The molecule has 0 aliphatic carbocycles. The van der Waals surface area contributed by atoms with Crippen LogP contribution in [0.5, 0.6) is 0 Å². The van der Waals surface area contributed by atoms with E-state index in [1.54, 1.807) is 37.0 Å². The van der Waals surface area contributed by atoms with E-state index >= 15 is 0 Å². The van der Waals surface area contributed by atoms with Crippen molar-refractivity contribution in [1.82, 2.24) is 0 Å². The van der Waals surface area contributed by atoms with E-state index in [-0.39, 0.29) is 21.1 Å². The van der Waals surface area contributed by atoms with Crippen LogP contribution in [0.15, 0.2) is 0 Å². The summed E-state index contributed by atoms with van der Waals surface area (Å²) in [6, 6.07) is 0. The molecule has 1 aliphatic heterocycles. The molecule has 0 aromatic carbocycles. The number of hydrogen-bond donors (Lipinski definition) is 0. The van der Waals surface area contributed by atoms with Crippen LogP contribution in [0.3, 0.4) is 0 Å². The van der Waals surface area contributed by atoms with Crippen molar-refractivity contribution in [3.8, 4) is 0 Å². The Kier molecular flexibility index (Phi) is 34.3. The molecule has 3 nitrogen and oxygen atoms in total. The second-order valence-electron chi connectivity index (χ2n) is 7.45. The Morgan fingerprint density at radius 2 is 0.607 bits per heavy atom. The third-order valence-electron chi connectivity index (χ3n) is 4.86. The zero-order chi connectivity index (χ0) is 21.8. The van der Waals surface area contributed by atoms with Crippen molar-refractivity contribution >= 4 is 23.8 Å². The third kappa shape index (κ3) is 19.2. The molecule has 28 heavy (non-hydrogen) atoms. The molecule has 1 rings (SSSR count). The van der Waals surface area contributed by atoms with E-state index in [0.29, 0.717) is 23.8 Å². The van der Waals surface area contributed by atoms with Crippen LogP contribution >= 0.6 is 23.8 Å². The van der Waals surface area contributed by atoms with Gasteiger partial charge in [0.05, 0.1) is 0 Å². The van der Waals surface area contributed by atoms with Gasteiger partial charge in [0, 0.05) is 21.1 Å². The van der Waals surface area contributed by atoms with E-state index in [4.69, 9.17) is 14.0 Å². The van der Waals surface area contributed by atoms with Gasteiger partial charge in [-0.1, -0.05) is 41.5 Å². The van der Waals surface area contributed by atoms with Crippen LogP contribution < -0.4 is 0 Å². The van der Waals surface area contributed by atoms with Gasteiger partial charge in [0.1, 0.15) is 0 Å². The largest absolute Gasteiger partial charge is 0 e. The SMILES string of the molecule is CC(C)P1CCCP(C(C)C)CCCP(C(C)C)CCC1.[C-]#[O+].[C-]#[O+].[C-]#[O+].[Mo]. The summed E-state index contributed by atoms with van der Waals surface area (Å²) in [7, 11) is 0.961. The van der Waals surface area contributed by atoms with Gasteiger partial charge in [-0.05, 0) is 73.2 Å². The smallest absolute Gasteiger partial charge is 0 e. The standard InChI is InChI=1S/C18H39P3.3CO.Mo/c1-16(2)19-10-7-12-20(17(3)4)14-9-15-21(18(5)6)13-8-11-19;3*1-2;/h16-18H,7-15H2,1-6H3;;;;. The molecule has 0 aromatic heterocycles. The van der Waals surface area contributed by atoms with Crippen molar-refractivity contribution in [2.75, 3.05) is 37.0 Å². The summed E-state index contributed by atoms with van der Waals surface area (Å²) < 4.78 is 22.5. The van der Waals surface area contributed by atoms with E-state index in [2.05, 4.69) is 61.5 Å². The van der Waals surface area contributed by atoms with Gasteiger partial charge in [-0.2, -0.15) is 0 Å². The van der Waals surface area contributed by atoms with Gasteiger partial charge in [-0.25, -0.2) is 0 Å². The molecule has 1 saturated heterocycles. The molecule has 1 heterocycles. The van der Waals surface area contributed by atoms with Crippen LogP contribution in [0.25, 0.3) is 0 Å². The molecule has 0 atom stereocenters. The van der Waals surface area contributed by atoms with Crippen LogP contribution in [0.2, 0.25) is 0 Å². The topological polar surface area (TPSA) is 59.7 Å². The quantitative estimate of drug-likeness (QED) is 0.169. The average molecular weight is 528 g/mol. The summed E-state index contributed by atoms with van der Waals surface area (Å²) in [5.41, 5.74) is 2.87. The monoisotopic (exact) mass is 530 g/mol. The van der Waals surface area contributed by atoms with E-state index in [9.17, 15) is 0 Å². The fourth-order valence-electron chi connectivity index (χ4n) is 3.32. The van der Waals surface area contributed by atoms with E-state index in [1.165, 1.54) is 19.3 Å². The van der Waals surface area contributed by atoms with Gasteiger partial charge in [0.2, 0.25) is 0 Å². The molecule has 7 heteroatoms. The molecule has 0 bridgehead atoms. The molecule has 0 saturated carbocycles. The first-order chi connectivity index (χ1) is 12.9. The van der Waals surface area contributed by atoms with Crippen LogP contribution in [0.4, 0.5) is 0 Å². The Bertz CT molecular complexity index is 316. The minimum Gasteiger partial charge on any atom is 0 e. The Labute approximate surface area is 193 Å². The number of rotatable bonds is 3. The maximum Gasteiger partial charge on any atom is 0 e. The first-order valence-corrected chi connectivity index (χ1v) is 15.1. The number of hydrogen-bond acceptors (Lipinski definition) is 0. The van der Waals surface area contributed by atoms with Gasteiger partial charge in [0.15, 0.2) is 0 Å². The zero-order valence-corrected chi connectivity index (χ0v) is 23.3. The summed E-state index contributed by atoms with van der Waals surface area (Å²) in [6.45, 7) is 28.4.